The van der Waals surface area contributed by atoms with Crippen LogP contribution in [0.1, 0.15) is 11.1 Å². The maximum atomic E-state index is 13.4. The molecule has 0 radical (unpaired) electrons. The Hall–Kier alpha value is -3.89. The van der Waals surface area contributed by atoms with Crippen LogP contribution in [0.15, 0.2) is 66.2 Å². The van der Waals surface area contributed by atoms with Gasteiger partial charge in [-0.05, 0) is 65.7 Å². The van der Waals surface area contributed by atoms with Crippen molar-refractivity contribution < 1.29 is 23.0 Å². The Morgan fingerprint density at radius 2 is 1.88 bits per heavy atom. The molecule has 0 saturated carbocycles. The molecular weight excluding hydrogens is 438 g/mol. The number of carbonyl (C=O) groups excluding carboxylic acids is 1. The van der Waals surface area contributed by atoms with Gasteiger partial charge in [0.1, 0.15) is 29.9 Å². The fraction of sp³-hybridized carbons (Fsp3) is 0.0833. The average molecular weight is 455 g/mol. The third-order valence-electron chi connectivity index (χ3n) is 4.30. The first-order chi connectivity index (χ1) is 15.4. The van der Waals surface area contributed by atoms with Gasteiger partial charge in [-0.15, -0.1) is 0 Å². The summed E-state index contributed by atoms with van der Waals surface area (Å²) in [6.45, 7) is 0.0621. The van der Waals surface area contributed by atoms with Crippen molar-refractivity contribution in [1.82, 2.24) is 0 Å². The topological polar surface area (TPSA) is 71.3 Å². The van der Waals surface area contributed by atoms with Crippen molar-refractivity contribution in [3.05, 3.63) is 94.0 Å². The van der Waals surface area contributed by atoms with Gasteiger partial charge in [0, 0.05) is 5.69 Å². The number of nitrogens with one attached hydrogen (secondary N) is 1. The minimum atomic E-state index is -0.666. The molecule has 0 saturated heterocycles. The number of hydrogen-bond acceptors (Lipinski definition) is 4. The Morgan fingerprint density at radius 1 is 1.12 bits per heavy atom. The molecule has 0 bridgehead atoms. The number of ether oxygens (including phenoxy) is 2. The second-order valence-corrected chi connectivity index (χ2v) is 6.99. The van der Waals surface area contributed by atoms with Crippen molar-refractivity contribution in [2.24, 2.45) is 0 Å². The molecule has 1 N–H and O–H groups in total. The summed E-state index contributed by atoms with van der Waals surface area (Å²) in [7, 11) is 1.42. The van der Waals surface area contributed by atoms with Crippen LogP contribution in [-0.2, 0) is 11.4 Å². The molecular formula is C24H17ClF2N2O3. The molecule has 0 aliphatic rings. The molecule has 0 unspecified atom stereocenters. The zero-order chi connectivity index (χ0) is 23.1. The molecule has 5 nitrogen and oxygen atoms in total. The molecule has 0 spiro atoms. The summed E-state index contributed by atoms with van der Waals surface area (Å²) in [6.07, 6.45) is 1.34. The predicted molar refractivity (Wildman–Crippen MR) is 117 cm³/mol. The van der Waals surface area contributed by atoms with Gasteiger partial charge in [0.15, 0.2) is 11.5 Å². The zero-order valence-corrected chi connectivity index (χ0v) is 17.6. The number of nitrogens with zero attached hydrogens (tertiary/aromatic N) is 1. The summed E-state index contributed by atoms with van der Waals surface area (Å²) in [4.78, 5) is 12.4. The van der Waals surface area contributed by atoms with Crippen LogP contribution in [0.2, 0.25) is 5.02 Å². The molecule has 8 heteroatoms. The Balaban J connectivity index is 1.81. The maximum absolute atomic E-state index is 13.4. The Kier molecular flexibility index (Phi) is 7.42. The van der Waals surface area contributed by atoms with E-state index in [-0.39, 0.29) is 34.5 Å². The van der Waals surface area contributed by atoms with Crippen LogP contribution in [0, 0.1) is 23.0 Å². The number of methoxy groups -OCH3 is 1. The number of anilines is 1. The standard InChI is InChI=1S/C24H17ClF2N2O3/c1-31-22-12-16(9-17(13-28)24(30)29-20-7-5-18(26)6-8-20)11-21(25)23(22)32-14-15-3-2-4-19(27)10-15/h2-12H,14H2,1H3,(H,29,30)/b17-9+. The summed E-state index contributed by atoms with van der Waals surface area (Å²) in [5.41, 5.74) is 1.18. The van der Waals surface area contributed by atoms with E-state index in [9.17, 15) is 18.8 Å². The largest absolute Gasteiger partial charge is 0.493 e. The lowest BCUT2D eigenvalue weighted by Crippen LogP contribution is -2.13. The molecule has 0 atom stereocenters. The quantitative estimate of drug-likeness (QED) is 0.364. The first kappa shape index (κ1) is 22.8. The van der Waals surface area contributed by atoms with Gasteiger partial charge in [0.05, 0.1) is 12.1 Å². The summed E-state index contributed by atoms with van der Waals surface area (Å²) >= 11 is 6.33. The van der Waals surface area contributed by atoms with Gasteiger partial charge in [-0.3, -0.25) is 4.79 Å². The van der Waals surface area contributed by atoms with E-state index in [0.29, 0.717) is 16.8 Å². The highest BCUT2D eigenvalue weighted by Gasteiger charge is 2.15. The number of nitriles is 1. The van der Waals surface area contributed by atoms with E-state index in [1.54, 1.807) is 18.2 Å². The van der Waals surface area contributed by atoms with Crippen LogP contribution in [0.25, 0.3) is 6.08 Å². The first-order valence-electron chi connectivity index (χ1n) is 9.33. The fourth-order valence-corrected chi connectivity index (χ4v) is 3.07. The van der Waals surface area contributed by atoms with Crippen LogP contribution in [0.5, 0.6) is 11.5 Å². The van der Waals surface area contributed by atoms with E-state index in [0.717, 1.165) is 0 Å². The lowest BCUT2D eigenvalue weighted by atomic mass is 10.1. The highest BCUT2D eigenvalue weighted by atomic mass is 35.5. The smallest absolute Gasteiger partial charge is 0.266 e. The minimum absolute atomic E-state index is 0.0621. The predicted octanol–water partition coefficient (Wildman–Crippen LogP) is 5.75. The van der Waals surface area contributed by atoms with Crippen LogP contribution in [-0.4, -0.2) is 13.0 Å². The first-order valence-corrected chi connectivity index (χ1v) is 9.71. The monoisotopic (exact) mass is 454 g/mol. The molecule has 3 aromatic rings. The second-order valence-electron chi connectivity index (χ2n) is 6.58. The summed E-state index contributed by atoms with van der Waals surface area (Å²) in [6, 6.07) is 16.0. The number of benzene rings is 3. The molecule has 0 heterocycles. The average Bonchev–Trinajstić information content (AvgIpc) is 2.77. The van der Waals surface area contributed by atoms with E-state index in [4.69, 9.17) is 21.1 Å². The summed E-state index contributed by atoms with van der Waals surface area (Å²) in [5.74, 6) is -0.977. The molecule has 3 aromatic carbocycles. The van der Waals surface area contributed by atoms with E-state index in [1.165, 1.54) is 55.7 Å². The molecule has 0 aliphatic heterocycles. The zero-order valence-electron chi connectivity index (χ0n) is 16.9. The number of halogens is 3. The van der Waals surface area contributed by atoms with Crippen molar-refractivity contribution in [2.45, 2.75) is 6.61 Å². The van der Waals surface area contributed by atoms with Gasteiger partial charge in [0.25, 0.3) is 5.91 Å². The highest BCUT2D eigenvalue weighted by molar-refractivity contribution is 6.32. The van der Waals surface area contributed by atoms with Gasteiger partial charge < -0.3 is 14.8 Å². The number of amides is 1. The van der Waals surface area contributed by atoms with E-state index < -0.39 is 11.7 Å². The lowest BCUT2D eigenvalue weighted by molar-refractivity contribution is -0.112. The Bertz CT molecular complexity index is 1200. The molecule has 0 fully saturated rings. The summed E-state index contributed by atoms with van der Waals surface area (Å²) in [5, 5.41) is 12.1. The van der Waals surface area contributed by atoms with Crippen molar-refractivity contribution in [2.75, 3.05) is 12.4 Å². The molecule has 0 aromatic heterocycles. The van der Waals surface area contributed by atoms with E-state index >= 15 is 0 Å². The van der Waals surface area contributed by atoms with Crippen molar-refractivity contribution in [3.8, 4) is 17.6 Å². The van der Waals surface area contributed by atoms with Crippen LogP contribution in [0.3, 0.4) is 0 Å². The molecule has 3 rings (SSSR count). The van der Waals surface area contributed by atoms with Gasteiger partial charge in [0.2, 0.25) is 0 Å². The van der Waals surface area contributed by atoms with Crippen LogP contribution in [0.4, 0.5) is 14.5 Å². The number of rotatable bonds is 7. The third kappa shape index (κ3) is 5.84. The van der Waals surface area contributed by atoms with Gasteiger partial charge in [-0.25, -0.2) is 8.78 Å². The van der Waals surface area contributed by atoms with E-state index in [1.807, 2.05) is 6.07 Å². The van der Waals surface area contributed by atoms with E-state index in [2.05, 4.69) is 5.32 Å². The van der Waals surface area contributed by atoms with Crippen LogP contribution >= 0.6 is 11.6 Å². The van der Waals surface area contributed by atoms with Crippen molar-refractivity contribution >= 4 is 29.3 Å². The normalized spacial score (nSPS) is 10.9. The Labute approximate surface area is 188 Å². The SMILES string of the molecule is COc1cc(/C=C(\C#N)C(=O)Nc2ccc(F)cc2)cc(Cl)c1OCc1cccc(F)c1. The highest BCUT2D eigenvalue weighted by Crippen LogP contribution is 2.37. The summed E-state index contributed by atoms with van der Waals surface area (Å²) < 4.78 is 37.4. The lowest BCUT2D eigenvalue weighted by Gasteiger charge is -2.14. The second kappa shape index (κ2) is 10.4. The number of hydrogen-bond donors (Lipinski definition) is 1. The molecule has 32 heavy (non-hydrogen) atoms. The fourth-order valence-electron chi connectivity index (χ4n) is 2.79. The molecule has 162 valence electrons. The molecule has 0 aliphatic carbocycles. The van der Waals surface area contributed by atoms with Gasteiger partial charge in [-0.1, -0.05) is 23.7 Å². The van der Waals surface area contributed by atoms with Crippen molar-refractivity contribution in [3.63, 3.8) is 0 Å². The Morgan fingerprint density at radius 3 is 2.53 bits per heavy atom. The minimum Gasteiger partial charge on any atom is -0.493 e. The number of carbonyl (C=O) groups is 1. The maximum Gasteiger partial charge on any atom is 0.266 e. The third-order valence-corrected chi connectivity index (χ3v) is 4.58. The molecule has 1 amide bonds. The van der Waals surface area contributed by atoms with Gasteiger partial charge in [-0.2, -0.15) is 5.26 Å². The van der Waals surface area contributed by atoms with Crippen molar-refractivity contribution in [1.29, 1.82) is 5.26 Å². The van der Waals surface area contributed by atoms with Gasteiger partial charge >= 0.3 is 0 Å². The van der Waals surface area contributed by atoms with Crippen LogP contribution < -0.4 is 14.8 Å².